The lowest BCUT2D eigenvalue weighted by Gasteiger charge is -2.26. The van der Waals surface area contributed by atoms with Gasteiger partial charge in [0.15, 0.2) is 0 Å². The average molecular weight is 517 g/mol. The van der Waals surface area contributed by atoms with Crippen LogP contribution in [0.2, 0.25) is 5.02 Å². The highest BCUT2D eigenvalue weighted by Gasteiger charge is 2.37. The number of urea groups is 1. The molecule has 0 aliphatic carbocycles. The Balaban J connectivity index is 1.77. The van der Waals surface area contributed by atoms with E-state index in [1.54, 1.807) is 43.3 Å². The second-order valence-corrected chi connectivity index (χ2v) is 8.52. The van der Waals surface area contributed by atoms with Crippen molar-refractivity contribution in [3.63, 3.8) is 0 Å². The Hall–Kier alpha value is -3.23. The summed E-state index contributed by atoms with van der Waals surface area (Å²) in [7, 11) is 0. The zero-order valence-electron chi connectivity index (χ0n) is 16.9. The number of carbonyl (C=O) groups is 3. The van der Waals surface area contributed by atoms with Gasteiger partial charge in [-0.25, -0.2) is 14.1 Å². The number of aryl methyl sites for hydroxylation is 1. The Morgan fingerprint density at radius 2 is 1.78 bits per heavy atom. The molecule has 4 amide bonds. The Morgan fingerprint density at radius 1 is 1.03 bits per heavy atom. The van der Waals surface area contributed by atoms with Crippen molar-refractivity contribution >= 4 is 57.1 Å². The molecule has 2 aromatic carbocycles. The highest BCUT2D eigenvalue weighted by atomic mass is 79.9. The number of anilines is 1. The molecule has 3 aromatic rings. The molecular formula is C23H16BrClFN3O3. The number of imide groups is 2. The zero-order chi connectivity index (χ0) is 23.2. The number of nitrogens with zero attached hydrogens (tertiary/aromatic N) is 2. The van der Waals surface area contributed by atoms with Crippen molar-refractivity contribution in [2.45, 2.75) is 13.8 Å². The molecule has 32 heavy (non-hydrogen) atoms. The number of barbiturate groups is 1. The van der Waals surface area contributed by atoms with Gasteiger partial charge in [0.2, 0.25) is 0 Å². The average Bonchev–Trinajstić information content (AvgIpc) is 3.00. The van der Waals surface area contributed by atoms with Gasteiger partial charge in [-0.3, -0.25) is 14.9 Å². The van der Waals surface area contributed by atoms with Crippen LogP contribution in [0.15, 0.2) is 58.6 Å². The number of hydrogen-bond donors (Lipinski definition) is 1. The van der Waals surface area contributed by atoms with E-state index in [1.165, 1.54) is 18.2 Å². The minimum atomic E-state index is -0.818. The number of benzene rings is 2. The first-order valence-corrected chi connectivity index (χ1v) is 10.7. The van der Waals surface area contributed by atoms with Crippen LogP contribution < -0.4 is 10.2 Å². The zero-order valence-corrected chi connectivity index (χ0v) is 19.3. The lowest BCUT2D eigenvalue weighted by Crippen LogP contribution is -2.54. The van der Waals surface area contributed by atoms with Crippen LogP contribution in [0.25, 0.3) is 11.8 Å². The van der Waals surface area contributed by atoms with Crippen molar-refractivity contribution in [1.29, 1.82) is 0 Å². The van der Waals surface area contributed by atoms with Crippen LogP contribution in [0.3, 0.4) is 0 Å². The van der Waals surface area contributed by atoms with Crippen molar-refractivity contribution in [3.05, 3.63) is 86.4 Å². The molecule has 1 N–H and O–H groups in total. The molecule has 0 spiro atoms. The molecule has 0 unspecified atom stereocenters. The summed E-state index contributed by atoms with van der Waals surface area (Å²) in [5, 5.41) is 2.20. The van der Waals surface area contributed by atoms with Crippen LogP contribution in [0.1, 0.15) is 17.0 Å². The SMILES string of the molecule is Cc1cc(/C=C2\C(=O)NC(=O)N(c3cccc(Br)c3)C2=O)c(C)n1-c1ccc(F)c(Cl)c1. The smallest absolute Gasteiger partial charge is 0.318 e. The number of aromatic nitrogens is 1. The number of rotatable bonds is 3. The van der Waals surface area contributed by atoms with Crippen LogP contribution in [0, 0.1) is 19.7 Å². The maximum absolute atomic E-state index is 13.6. The van der Waals surface area contributed by atoms with E-state index in [4.69, 9.17) is 11.6 Å². The van der Waals surface area contributed by atoms with E-state index >= 15 is 0 Å². The minimum absolute atomic E-state index is 0.0140. The van der Waals surface area contributed by atoms with E-state index in [0.717, 1.165) is 10.6 Å². The minimum Gasteiger partial charge on any atom is -0.318 e. The van der Waals surface area contributed by atoms with Gasteiger partial charge in [-0.2, -0.15) is 0 Å². The summed E-state index contributed by atoms with van der Waals surface area (Å²) in [6, 6.07) is 12.0. The Morgan fingerprint density at radius 3 is 2.47 bits per heavy atom. The predicted octanol–water partition coefficient (Wildman–Crippen LogP) is 5.32. The summed E-state index contributed by atoms with van der Waals surface area (Å²) in [4.78, 5) is 38.9. The fraction of sp³-hybridized carbons (Fsp3) is 0.0870. The Kier molecular flexibility index (Phi) is 5.75. The first kappa shape index (κ1) is 22.0. The Bertz CT molecular complexity index is 1330. The molecule has 162 valence electrons. The second kappa shape index (κ2) is 8.37. The van der Waals surface area contributed by atoms with E-state index in [2.05, 4.69) is 21.2 Å². The van der Waals surface area contributed by atoms with Crippen LogP contribution in [0.4, 0.5) is 14.9 Å². The fourth-order valence-corrected chi connectivity index (χ4v) is 4.18. The normalized spacial score (nSPS) is 15.5. The summed E-state index contributed by atoms with van der Waals surface area (Å²) >= 11 is 9.24. The maximum atomic E-state index is 13.6. The highest BCUT2D eigenvalue weighted by Crippen LogP contribution is 2.28. The molecule has 0 atom stereocenters. The molecule has 1 aromatic heterocycles. The second-order valence-electron chi connectivity index (χ2n) is 7.20. The number of carbonyl (C=O) groups excluding carboxylic acids is 3. The van der Waals surface area contributed by atoms with Crippen molar-refractivity contribution in [2.75, 3.05) is 4.90 Å². The lowest BCUT2D eigenvalue weighted by molar-refractivity contribution is -0.122. The van der Waals surface area contributed by atoms with E-state index in [-0.39, 0.29) is 10.6 Å². The largest absolute Gasteiger partial charge is 0.335 e. The summed E-state index contributed by atoms with van der Waals surface area (Å²) < 4.78 is 16.1. The summed E-state index contributed by atoms with van der Waals surface area (Å²) in [5.41, 5.74) is 2.89. The van der Waals surface area contributed by atoms with Crippen LogP contribution >= 0.6 is 27.5 Å². The molecule has 1 fully saturated rings. The predicted molar refractivity (Wildman–Crippen MR) is 123 cm³/mol. The summed E-state index contributed by atoms with van der Waals surface area (Å²) in [6.45, 7) is 3.64. The molecule has 4 rings (SSSR count). The van der Waals surface area contributed by atoms with Crippen LogP contribution in [0.5, 0.6) is 0 Å². The van der Waals surface area contributed by atoms with Crippen molar-refractivity contribution in [1.82, 2.24) is 9.88 Å². The standard InChI is InChI=1S/C23H16BrClFN3O3/c1-12-8-14(13(2)28(12)17-6-7-20(26)19(25)11-17)9-18-21(30)27-23(32)29(22(18)31)16-5-3-4-15(24)10-16/h3-11H,1-2H3,(H,27,30,32)/b18-9+. The molecule has 1 saturated heterocycles. The molecule has 9 heteroatoms. The van der Waals surface area contributed by atoms with Gasteiger partial charge in [-0.15, -0.1) is 0 Å². The molecule has 6 nitrogen and oxygen atoms in total. The fourth-order valence-electron chi connectivity index (χ4n) is 3.62. The van der Waals surface area contributed by atoms with Gasteiger partial charge >= 0.3 is 6.03 Å². The number of halogens is 3. The van der Waals surface area contributed by atoms with Crippen LogP contribution in [-0.4, -0.2) is 22.4 Å². The first-order chi connectivity index (χ1) is 15.2. The van der Waals surface area contributed by atoms with Gasteiger partial charge in [0, 0.05) is 21.5 Å². The van der Waals surface area contributed by atoms with Gasteiger partial charge in [-0.1, -0.05) is 33.6 Å². The van der Waals surface area contributed by atoms with Gasteiger partial charge in [0.05, 0.1) is 10.7 Å². The quantitative estimate of drug-likeness (QED) is 0.379. The molecule has 2 heterocycles. The van der Waals surface area contributed by atoms with Crippen molar-refractivity contribution < 1.29 is 18.8 Å². The third-order valence-corrected chi connectivity index (χ3v) is 5.88. The summed E-state index contributed by atoms with van der Waals surface area (Å²) in [6.07, 6.45) is 1.44. The third-order valence-electron chi connectivity index (χ3n) is 5.10. The van der Waals surface area contributed by atoms with Gasteiger partial charge < -0.3 is 4.57 Å². The Labute approximate surface area is 196 Å². The van der Waals surface area contributed by atoms with Gasteiger partial charge in [0.1, 0.15) is 11.4 Å². The van der Waals surface area contributed by atoms with E-state index in [9.17, 15) is 18.8 Å². The highest BCUT2D eigenvalue weighted by molar-refractivity contribution is 9.10. The van der Waals surface area contributed by atoms with Gasteiger partial charge in [-0.05, 0) is 68.0 Å². The molecular weight excluding hydrogens is 501 g/mol. The molecule has 0 radical (unpaired) electrons. The van der Waals surface area contributed by atoms with Gasteiger partial charge in [0.25, 0.3) is 11.8 Å². The number of hydrogen-bond acceptors (Lipinski definition) is 3. The lowest BCUT2D eigenvalue weighted by atomic mass is 10.1. The van der Waals surface area contributed by atoms with E-state index in [1.807, 2.05) is 11.5 Å². The number of amides is 4. The van der Waals surface area contributed by atoms with Crippen LogP contribution in [-0.2, 0) is 9.59 Å². The molecule has 0 saturated carbocycles. The van der Waals surface area contributed by atoms with Crippen molar-refractivity contribution in [3.8, 4) is 5.69 Å². The monoisotopic (exact) mass is 515 g/mol. The van der Waals surface area contributed by atoms with Crippen molar-refractivity contribution in [2.24, 2.45) is 0 Å². The topological polar surface area (TPSA) is 71.4 Å². The number of nitrogens with one attached hydrogen (secondary N) is 1. The molecule has 0 bridgehead atoms. The molecule has 1 aliphatic rings. The summed E-state index contributed by atoms with van der Waals surface area (Å²) in [5.74, 6) is -2.03. The third kappa shape index (κ3) is 3.87. The van der Waals surface area contributed by atoms with E-state index < -0.39 is 23.7 Å². The maximum Gasteiger partial charge on any atom is 0.335 e. The molecule has 1 aliphatic heterocycles. The van der Waals surface area contributed by atoms with E-state index in [0.29, 0.717) is 27.1 Å². The first-order valence-electron chi connectivity index (χ1n) is 9.49.